The van der Waals surface area contributed by atoms with Gasteiger partial charge in [-0.05, 0) is 23.8 Å². The fraction of sp³-hybridized carbons (Fsp3) is 0.286. The van der Waals surface area contributed by atoms with Gasteiger partial charge in [0.05, 0.1) is 23.3 Å². The Morgan fingerprint density at radius 1 is 0.969 bits per heavy atom. The van der Waals surface area contributed by atoms with E-state index >= 15 is 0 Å². The summed E-state index contributed by atoms with van der Waals surface area (Å²) < 4.78 is 35.7. The summed E-state index contributed by atoms with van der Waals surface area (Å²) in [5.74, 6) is -1.42. The Hall–Kier alpha value is -3.44. The number of rotatable bonds is 8. The van der Waals surface area contributed by atoms with Gasteiger partial charge in [0.1, 0.15) is 0 Å². The molecule has 2 aromatic carbocycles. The largest absolute Gasteiger partial charge is 0.452 e. The van der Waals surface area contributed by atoms with Gasteiger partial charge in [-0.3, -0.25) is 9.69 Å². The second-order valence-corrected chi connectivity index (χ2v) is 8.91. The molecule has 0 saturated heterocycles. The third kappa shape index (κ3) is 5.83. The quantitative estimate of drug-likeness (QED) is 0.590. The first kappa shape index (κ1) is 24.8. The van der Waals surface area contributed by atoms with Crippen LogP contribution in [0, 0.1) is 0 Å². The summed E-state index contributed by atoms with van der Waals surface area (Å²) >= 11 is 0. The number of nitrogens with one attached hydrogen (secondary N) is 1. The number of methoxy groups -OCH3 is 1. The maximum absolute atomic E-state index is 12.5. The summed E-state index contributed by atoms with van der Waals surface area (Å²) in [5, 5.41) is 2.54. The minimum atomic E-state index is -3.69. The zero-order chi connectivity index (χ0) is 23.9. The molecule has 2 rings (SSSR count). The summed E-state index contributed by atoms with van der Waals surface area (Å²) in [5.41, 5.74) is 0.731. The minimum Gasteiger partial charge on any atom is -0.452 e. The fourth-order valence-corrected chi connectivity index (χ4v) is 3.84. The number of carbonyl (C=O) groups excluding carboxylic acids is 3. The second kappa shape index (κ2) is 10.7. The molecule has 0 spiro atoms. The number of benzene rings is 2. The van der Waals surface area contributed by atoms with Gasteiger partial charge in [0.2, 0.25) is 10.0 Å². The highest BCUT2D eigenvalue weighted by Gasteiger charge is 2.22. The molecule has 2 aromatic rings. The van der Waals surface area contributed by atoms with Gasteiger partial charge in [0.25, 0.3) is 5.91 Å². The van der Waals surface area contributed by atoms with E-state index in [0.717, 1.165) is 9.21 Å². The lowest BCUT2D eigenvalue weighted by atomic mass is 10.1. The van der Waals surface area contributed by atoms with Crippen LogP contribution in [-0.4, -0.2) is 65.6 Å². The van der Waals surface area contributed by atoms with E-state index in [1.54, 1.807) is 30.3 Å². The van der Waals surface area contributed by atoms with E-state index in [4.69, 9.17) is 4.74 Å². The molecule has 1 N–H and O–H groups in total. The van der Waals surface area contributed by atoms with E-state index in [-0.39, 0.29) is 22.7 Å². The standard InChI is InChI=1S/C21H25N3O7S/c1-23(2)32(28,29)18-12-8-5-9-15(18)13-22-19(25)14-31-20(26)16-10-6-7-11-17(16)24(3)21(27)30-4/h5-12H,13-14H2,1-4H3,(H,22,25). The predicted molar refractivity (Wildman–Crippen MR) is 117 cm³/mol. The topological polar surface area (TPSA) is 122 Å². The predicted octanol–water partition coefficient (Wildman–Crippen LogP) is 1.61. The van der Waals surface area contributed by atoms with Crippen molar-refractivity contribution in [2.45, 2.75) is 11.4 Å². The lowest BCUT2D eigenvalue weighted by Crippen LogP contribution is -2.31. The second-order valence-electron chi connectivity index (χ2n) is 6.79. The van der Waals surface area contributed by atoms with Crippen molar-refractivity contribution in [3.8, 4) is 0 Å². The maximum Gasteiger partial charge on any atom is 0.413 e. The van der Waals surface area contributed by atoms with Crippen LogP contribution in [-0.2, 0) is 30.8 Å². The number of nitrogens with zero attached hydrogens (tertiary/aromatic N) is 2. The van der Waals surface area contributed by atoms with E-state index in [1.807, 2.05) is 0 Å². The molecule has 0 radical (unpaired) electrons. The van der Waals surface area contributed by atoms with Crippen LogP contribution in [0.15, 0.2) is 53.4 Å². The summed E-state index contributed by atoms with van der Waals surface area (Å²) in [6.45, 7) is -0.654. The molecular formula is C21H25N3O7S. The minimum absolute atomic E-state index is 0.0682. The number of para-hydroxylation sites is 1. The van der Waals surface area contributed by atoms with E-state index in [2.05, 4.69) is 10.1 Å². The van der Waals surface area contributed by atoms with Crippen LogP contribution in [0.2, 0.25) is 0 Å². The van der Waals surface area contributed by atoms with Crippen molar-refractivity contribution in [1.82, 2.24) is 9.62 Å². The van der Waals surface area contributed by atoms with Crippen molar-refractivity contribution < 1.29 is 32.3 Å². The number of amides is 2. The number of sulfonamides is 1. The monoisotopic (exact) mass is 463 g/mol. The lowest BCUT2D eigenvalue weighted by molar-refractivity contribution is -0.124. The molecule has 0 bridgehead atoms. The highest BCUT2D eigenvalue weighted by Crippen LogP contribution is 2.21. The van der Waals surface area contributed by atoms with Gasteiger partial charge < -0.3 is 14.8 Å². The number of hydrogen-bond acceptors (Lipinski definition) is 7. The van der Waals surface area contributed by atoms with Crippen molar-refractivity contribution in [2.75, 3.05) is 39.8 Å². The van der Waals surface area contributed by atoms with Crippen molar-refractivity contribution in [1.29, 1.82) is 0 Å². The highest BCUT2D eigenvalue weighted by atomic mass is 32.2. The van der Waals surface area contributed by atoms with Gasteiger partial charge in [0.15, 0.2) is 6.61 Å². The summed E-state index contributed by atoms with van der Waals surface area (Å²) in [6.07, 6.45) is -0.672. The normalized spacial score (nSPS) is 11.0. The number of hydrogen-bond donors (Lipinski definition) is 1. The van der Waals surface area contributed by atoms with Gasteiger partial charge >= 0.3 is 12.1 Å². The molecular weight excluding hydrogens is 438 g/mol. The Bertz CT molecular complexity index is 1100. The zero-order valence-electron chi connectivity index (χ0n) is 18.2. The average molecular weight is 464 g/mol. The first-order valence-electron chi connectivity index (χ1n) is 9.44. The Morgan fingerprint density at radius 3 is 2.25 bits per heavy atom. The number of esters is 1. The summed E-state index contributed by atoms with van der Waals surface area (Å²) in [4.78, 5) is 37.6. The molecule has 0 aliphatic heterocycles. The maximum atomic E-state index is 12.5. The molecule has 0 aliphatic carbocycles. The van der Waals surface area contributed by atoms with Crippen molar-refractivity contribution in [2.24, 2.45) is 0 Å². The van der Waals surface area contributed by atoms with Crippen LogP contribution in [0.1, 0.15) is 15.9 Å². The van der Waals surface area contributed by atoms with Crippen LogP contribution >= 0.6 is 0 Å². The van der Waals surface area contributed by atoms with E-state index in [9.17, 15) is 22.8 Å². The van der Waals surface area contributed by atoms with Crippen molar-refractivity contribution in [3.63, 3.8) is 0 Å². The van der Waals surface area contributed by atoms with Crippen LogP contribution < -0.4 is 10.2 Å². The Kier molecular flexibility index (Phi) is 8.33. The highest BCUT2D eigenvalue weighted by molar-refractivity contribution is 7.89. The molecule has 11 heteroatoms. The van der Waals surface area contributed by atoms with E-state index in [0.29, 0.717) is 5.56 Å². The van der Waals surface area contributed by atoms with Gasteiger partial charge in [-0.15, -0.1) is 0 Å². The first-order chi connectivity index (χ1) is 15.1. The number of ether oxygens (including phenoxy) is 2. The molecule has 0 saturated carbocycles. The van der Waals surface area contributed by atoms with Crippen LogP contribution in [0.25, 0.3) is 0 Å². The smallest absolute Gasteiger partial charge is 0.413 e. The molecule has 0 atom stereocenters. The average Bonchev–Trinajstić information content (AvgIpc) is 2.80. The zero-order valence-corrected chi connectivity index (χ0v) is 19.0. The third-order valence-electron chi connectivity index (χ3n) is 4.48. The Morgan fingerprint density at radius 2 is 1.59 bits per heavy atom. The first-order valence-corrected chi connectivity index (χ1v) is 10.9. The molecule has 2 amide bonds. The molecule has 0 heterocycles. The van der Waals surface area contributed by atoms with Crippen molar-refractivity contribution in [3.05, 3.63) is 59.7 Å². The molecule has 10 nitrogen and oxygen atoms in total. The molecule has 32 heavy (non-hydrogen) atoms. The van der Waals surface area contributed by atoms with Gasteiger partial charge in [0, 0.05) is 27.7 Å². The molecule has 172 valence electrons. The summed E-state index contributed by atoms with van der Waals surface area (Å²) in [6, 6.07) is 12.5. The number of anilines is 1. The molecule has 0 aromatic heterocycles. The third-order valence-corrected chi connectivity index (χ3v) is 6.39. The number of carbonyl (C=O) groups is 3. The molecule has 0 fully saturated rings. The van der Waals surface area contributed by atoms with Crippen LogP contribution in [0.3, 0.4) is 0 Å². The Balaban J connectivity index is 2.03. The fourth-order valence-electron chi connectivity index (χ4n) is 2.73. The SMILES string of the molecule is COC(=O)N(C)c1ccccc1C(=O)OCC(=O)NCc1ccccc1S(=O)(=O)N(C)C. The van der Waals surface area contributed by atoms with Crippen LogP contribution in [0.5, 0.6) is 0 Å². The lowest BCUT2D eigenvalue weighted by Gasteiger charge is -2.18. The Labute approximate surface area is 186 Å². The van der Waals surface area contributed by atoms with E-state index in [1.165, 1.54) is 46.5 Å². The van der Waals surface area contributed by atoms with Gasteiger partial charge in [-0.2, -0.15) is 0 Å². The van der Waals surface area contributed by atoms with Gasteiger partial charge in [-0.1, -0.05) is 30.3 Å². The van der Waals surface area contributed by atoms with E-state index < -0.39 is 34.6 Å². The molecule has 0 unspecified atom stereocenters. The molecule has 0 aliphatic rings. The van der Waals surface area contributed by atoms with Crippen molar-refractivity contribution >= 4 is 33.7 Å². The van der Waals surface area contributed by atoms with Gasteiger partial charge in [-0.25, -0.2) is 22.3 Å². The summed E-state index contributed by atoms with van der Waals surface area (Å²) in [7, 11) is 1.80. The van der Waals surface area contributed by atoms with Crippen LogP contribution in [0.4, 0.5) is 10.5 Å².